The van der Waals surface area contributed by atoms with Gasteiger partial charge in [-0.1, -0.05) is 29.8 Å². The van der Waals surface area contributed by atoms with Gasteiger partial charge >= 0.3 is 0 Å². The second-order valence-corrected chi connectivity index (χ2v) is 10.4. The maximum atomic E-state index is 13.0. The molecule has 1 N–H and O–H groups in total. The Hall–Kier alpha value is -3.41. The van der Waals surface area contributed by atoms with E-state index in [1.165, 1.54) is 4.90 Å². The van der Waals surface area contributed by atoms with Crippen molar-refractivity contribution in [2.75, 3.05) is 26.2 Å². The van der Waals surface area contributed by atoms with E-state index in [2.05, 4.69) is 16.3 Å². The highest BCUT2D eigenvalue weighted by Crippen LogP contribution is 2.36. The number of hydrogen-bond donors (Lipinski definition) is 1. The molecule has 8 nitrogen and oxygen atoms in total. The third-order valence-corrected chi connectivity index (χ3v) is 7.95. The summed E-state index contributed by atoms with van der Waals surface area (Å²) in [5.74, 6) is -0.268. The number of halogens is 1. The summed E-state index contributed by atoms with van der Waals surface area (Å²) in [4.78, 5) is 40.7. The number of amides is 3. The maximum Gasteiger partial charge on any atom is 0.255 e. The van der Waals surface area contributed by atoms with Crippen molar-refractivity contribution in [3.63, 3.8) is 0 Å². The van der Waals surface area contributed by atoms with Gasteiger partial charge in [0.1, 0.15) is 11.8 Å². The summed E-state index contributed by atoms with van der Waals surface area (Å²) in [5.41, 5.74) is 1.83. The van der Waals surface area contributed by atoms with Crippen LogP contribution in [-0.4, -0.2) is 59.8 Å². The molecular weight excluding hydrogens is 492 g/mol. The Bertz CT molecular complexity index is 1270. The van der Waals surface area contributed by atoms with Crippen molar-refractivity contribution >= 4 is 29.3 Å². The number of likely N-dealkylation sites (tertiary alicyclic amines) is 1. The van der Waals surface area contributed by atoms with Crippen LogP contribution in [0, 0.1) is 11.3 Å². The minimum absolute atomic E-state index is 0.205. The molecule has 0 aromatic heterocycles. The molecule has 2 aromatic carbocycles. The van der Waals surface area contributed by atoms with Crippen molar-refractivity contribution in [2.24, 2.45) is 0 Å². The first-order valence-corrected chi connectivity index (χ1v) is 13.1. The van der Waals surface area contributed by atoms with E-state index >= 15 is 0 Å². The smallest absolute Gasteiger partial charge is 0.255 e. The molecule has 0 bridgehead atoms. The molecule has 0 saturated carbocycles. The number of hydrogen-bond acceptors (Lipinski definition) is 6. The zero-order valence-electron chi connectivity index (χ0n) is 20.5. The molecule has 0 radical (unpaired) electrons. The van der Waals surface area contributed by atoms with E-state index in [4.69, 9.17) is 16.3 Å². The first-order chi connectivity index (χ1) is 17.9. The second kappa shape index (κ2) is 10.5. The van der Waals surface area contributed by atoms with Crippen LogP contribution in [0.5, 0.6) is 5.75 Å². The first-order valence-electron chi connectivity index (χ1n) is 12.7. The number of nitrogens with zero attached hydrogens (tertiary/aromatic N) is 3. The largest absolute Gasteiger partial charge is 0.493 e. The van der Waals surface area contributed by atoms with Gasteiger partial charge in [-0.25, -0.2) is 0 Å². The second-order valence-electron chi connectivity index (χ2n) is 9.93. The van der Waals surface area contributed by atoms with Crippen molar-refractivity contribution in [3.05, 3.63) is 64.2 Å². The quantitative estimate of drug-likeness (QED) is 0.443. The van der Waals surface area contributed by atoms with Gasteiger partial charge in [-0.2, -0.15) is 5.26 Å². The van der Waals surface area contributed by atoms with E-state index in [1.807, 2.05) is 30.3 Å². The summed E-state index contributed by atoms with van der Waals surface area (Å²) in [5, 5.41) is 12.9. The Morgan fingerprint density at radius 2 is 1.92 bits per heavy atom. The van der Waals surface area contributed by atoms with Crippen LogP contribution >= 0.6 is 11.6 Å². The topological polar surface area (TPSA) is 103 Å². The highest BCUT2D eigenvalue weighted by molar-refractivity contribution is 6.30. The van der Waals surface area contributed by atoms with Crippen molar-refractivity contribution < 1.29 is 19.1 Å². The Morgan fingerprint density at radius 1 is 1.14 bits per heavy atom. The van der Waals surface area contributed by atoms with E-state index in [1.54, 1.807) is 12.1 Å². The molecule has 2 saturated heterocycles. The standard InChI is InChI=1S/C28H29ClN4O4/c29-20-5-1-4-19(16-20)28(18-30)10-13-32(14-11-28)12-3-15-37-24-7-2-6-21-22(24)17-33(27(21)36)23-8-9-25(34)31-26(23)35/h1-2,4-7,16,23H,3,8-15,17H2,(H,31,34,35). The number of nitriles is 1. The van der Waals surface area contributed by atoms with Crippen molar-refractivity contribution in [1.82, 2.24) is 15.1 Å². The van der Waals surface area contributed by atoms with E-state index in [0.29, 0.717) is 35.9 Å². The Kier molecular flexibility index (Phi) is 7.18. The SMILES string of the molecule is N#CC1(c2cccc(Cl)c2)CCN(CCCOc2cccc3c2CN(C2CCC(=O)NC2=O)C3=O)CC1. The molecule has 3 aliphatic rings. The third kappa shape index (κ3) is 5.07. The van der Waals surface area contributed by atoms with Gasteiger partial charge in [-0.05, 0) is 68.6 Å². The number of imide groups is 1. The van der Waals surface area contributed by atoms with E-state index in [-0.39, 0.29) is 18.2 Å². The minimum atomic E-state index is -0.642. The molecule has 1 unspecified atom stereocenters. The van der Waals surface area contributed by atoms with Crippen LogP contribution in [0.2, 0.25) is 5.02 Å². The van der Waals surface area contributed by atoms with Crippen LogP contribution in [0.25, 0.3) is 0 Å². The zero-order chi connectivity index (χ0) is 26.0. The molecule has 2 aromatic rings. The number of ether oxygens (including phenoxy) is 1. The lowest BCUT2D eigenvalue weighted by Gasteiger charge is -2.37. The molecule has 0 spiro atoms. The van der Waals surface area contributed by atoms with Gasteiger partial charge in [0.15, 0.2) is 0 Å². The van der Waals surface area contributed by atoms with E-state index in [0.717, 1.165) is 50.0 Å². The van der Waals surface area contributed by atoms with Gasteiger partial charge in [0, 0.05) is 29.1 Å². The van der Waals surface area contributed by atoms with Crippen LogP contribution in [0.4, 0.5) is 0 Å². The van der Waals surface area contributed by atoms with Gasteiger partial charge in [-0.15, -0.1) is 0 Å². The monoisotopic (exact) mass is 520 g/mol. The number of fused-ring (bicyclic) bond motifs is 1. The van der Waals surface area contributed by atoms with Crippen molar-refractivity contribution in [3.8, 4) is 11.8 Å². The van der Waals surface area contributed by atoms with Crippen LogP contribution in [-0.2, 0) is 21.5 Å². The van der Waals surface area contributed by atoms with Crippen LogP contribution in [0.1, 0.15) is 53.6 Å². The molecule has 3 amide bonds. The molecule has 3 aliphatic heterocycles. The highest BCUT2D eigenvalue weighted by atomic mass is 35.5. The van der Waals surface area contributed by atoms with Crippen LogP contribution in [0.3, 0.4) is 0 Å². The minimum Gasteiger partial charge on any atom is -0.493 e. The molecule has 192 valence electrons. The van der Waals surface area contributed by atoms with Gasteiger partial charge in [0.25, 0.3) is 5.91 Å². The summed E-state index contributed by atoms with van der Waals surface area (Å²) in [6, 6.07) is 14.9. The normalized spacial score (nSPS) is 21.4. The van der Waals surface area contributed by atoms with Gasteiger partial charge in [0.05, 0.1) is 24.6 Å². The first kappa shape index (κ1) is 25.2. The molecule has 0 aliphatic carbocycles. The lowest BCUT2D eigenvalue weighted by atomic mass is 9.74. The molecule has 37 heavy (non-hydrogen) atoms. The molecule has 3 heterocycles. The van der Waals surface area contributed by atoms with Crippen LogP contribution < -0.4 is 10.1 Å². The fourth-order valence-electron chi connectivity index (χ4n) is 5.57. The van der Waals surface area contributed by atoms with Crippen molar-refractivity contribution in [2.45, 2.75) is 50.1 Å². The third-order valence-electron chi connectivity index (χ3n) is 7.72. The van der Waals surface area contributed by atoms with E-state index in [9.17, 15) is 19.6 Å². The van der Waals surface area contributed by atoms with Crippen LogP contribution in [0.15, 0.2) is 42.5 Å². The van der Waals surface area contributed by atoms with E-state index < -0.39 is 17.4 Å². The Morgan fingerprint density at radius 3 is 2.65 bits per heavy atom. The molecule has 5 rings (SSSR count). The number of carbonyl (C=O) groups is 3. The number of piperidine rings is 2. The molecule has 9 heteroatoms. The number of rotatable bonds is 7. The number of carbonyl (C=O) groups excluding carboxylic acids is 3. The lowest BCUT2D eigenvalue weighted by molar-refractivity contribution is -0.136. The number of nitrogens with one attached hydrogen (secondary N) is 1. The van der Waals surface area contributed by atoms with Gasteiger partial charge in [-0.3, -0.25) is 19.7 Å². The lowest BCUT2D eigenvalue weighted by Crippen LogP contribution is -2.52. The number of benzene rings is 2. The summed E-state index contributed by atoms with van der Waals surface area (Å²) in [6.07, 6.45) is 2.89. The molecule has 1 atom stereocenters. The average Bonchev–Trinajstić information content (AvgIpc) is 3.24. The molecular formula is C28H29ClN4O4. The fraction of sp³-hybridized carbons (Fsp3) is 0.429. The molecule has 2 fully saturated rings. The average molecular weight is 521 g/mol. The summed E-state index contributed by atoms with van der Waals surface area (Å²) < 4.78 is 6.09. The van der Waals surface area contributed by atoms with Gasteiger partial charge < -0.3 is 14.5 Å². The summed E-state index contributed by atoms with van der Waals surface area (Å²) in [7, 11) is 0. The predicted octanol–water partition coefficient (Wildman–Crippen LogP) is 3.43. The zero-order valence-corrected chi connectivity index (χ0v) is 21.3. The predicted molar refractivity (Wildman–Crippen MR) is 137 cm³/mol. The van der Waals surface area contributed by atoms with Crippen molar-refractivity contribution in [1.29, 1.82) is 5.26 Å². The van der Waals surface area contributed by atoms with Gasteiger partial charge in [0.2, 0.25) is 11.8 Å². The Balaban J connectivity index is 1.13. The summed E-state index contributed by atoms with van der Waals surface area (Å²) >= 11 is 6.16. The fourth-order valence-corrected chi connectivity index (χ4v) is 5.76. The Labute approximate surface area is 221 Å². The summed E-state index contributed by atoms with van der Waals surface area (Å²) in [6.45, 7) is 3.31. The highest BCUT2D eigenvalue weighted by Gasteiger charge is 2.40. The maximum absolute atomic E-state index is 13.0.